The van der Waals surface area contributed by atoms with Gasteiger partial charge in [0.05, 0.1) is 26.2 Å². The third-order valence-electron chi connectivity index (χ3n) is 3.30. The van der Waals surface area contributed by atoms with Crippen LogP contribution in [0.5, 0.6) is 0 Å². The summed E-state index contributed by atoms with van der Waals surface area (Å²) < 4.78 is 10.1. The van der Waals surface area contributed by atoms with Crippen LogP contribution in [0.15, 0.2) is 0 Å². The molecule has 0 aromatic rings. The van der Waals surface area contributed by atoms with Gasteiger partial charge in [-0.2, -0.15) is 0 Å². The fourth-order valence-corrected chi connectivity index (χ4v) is 1.97. The summed E-state index contributed by atoms with van der Waals surface area (Å²) in [6.07, 6.45) is 1.45. The summed E-state index contributed by atoms with van der Waals surface area (Å²) in [6.45, 7) is 5.97. The topological polar surface area (TPSA) is 64.8 Å². The molecule has 0 radical (unpaired) electrons. The second-order valence-electron chi connectivity index (χ2n) is 4.94. The largest absolute Gasteiger partial charge is 0.382 e. The number of amides is 1. The van der Waals surface area contributed by atoms with Crippen molar-refractivity contribution in [1.82, 2.24) is 4.90 Å². The Balaban J connectivity index is 0.00000289. The Morgan fingerprint density at radius 3 is 2.67 bits per heavy atom. The molecule has 18 heavy (non-hydrogen) atoms. The van der Waals surface area contributed by atoms with Crippen LogP contribution in [-0.4, -0.2) is 57.4 Å². The van der Waals surface area contributed by atoms with Gasteiger partial charge in [0.1, 0.15) is 0 Å². The first-order valence-electron chi connectivity index (χ1n) is 6.16. The number of nitrogens with zero attached hydrogens (tertiary/aromatic N) is 1. The third-order valence-corrected chi connectivity index (χ3v) is 3.30. The number of halogens is 1. The Hall–Kier alpha value is -0.360. The highest BCUT2D eigenvalue weighted by Crippen LogP contribution is 2.28. The summed E-state index contributed by atoms with van der Waals surface area (Å²) in [7, 11) is 1.63. The Morgan fingerprint density at radius 2 is 2.11 bits per heavy atom. The number of rotatable bonds is 7. The molecule has 0 bridgehead atoms. The van der Waals surface area contributed by atoms with Gasteiger partial charge in [0.25, 0.3) is 0 Å². The molecule has 0 aliphatic carbocycles. The maximum atomic E-state index is 11.9. The van der Waals surface area contributed by atoms with Crippen molar-refractivity contribution in [2.45, 2.75) is 19.8 Å². The van der Waals surface area contributed by atoms with E-state index in [1.165, 1.54) is 0 Å². The van der Waals surface area contributed by atoms with Crippen LogP contribution in [0, 0.1) is 5.41 Å². The summed E-state index contributed by atoms with van der Waals surface area (Å²) in [5, 5.41) is 0. The molecule has 1 unspecified atom stereocenters. The van der Waals surface area contributed by atoms with Gasteiger partial charge in [-0.1, -0.05) is 6.92 Å². The molecule has 1 aliphatic rings. The molecule has 108 valence electrons. The van der Waals surface area contributed by atoms with Crippen molar-refractivity contribution in [2.24, 2.45) is 11.1 Å². The average molecular weight is 281 g/mol. The lowest BCUT2D eigenvalue weighted by Gasteiger charge is -2.22. The number of likely N-dealkylation sites (tertiary alicyclic amines) is 1. The predicted octanol–water partition coefficient (Wildman–Crippen LogP) is 0.659. The van der Waals surface area contributed by atoms with E-state index in [-0.39, 0.29) is 23.7 Å². The number of carbonyl (C=O) groups is 1. The molecule has 0 saturated carbocycles. The molecule has 1 fully saturated rings. The van der Waals surface area contributed by atoms with Gasteiger partial charge < -0.3 is 20.1 Å². The molecular formula is C12H25ClN2O3. The second kappa shape index (κ2) is 8.69. The van der Waals surface area contributed by atoms with E-state index < -0.39 is 0 Å². The first kappa shape index (κ1) is 17.6. The molecule has 5 nitrogen and oxygen atoms in total. The minimum absolute atomic E-state index is 0. The first-order chi connectivity index (χ1) is 8.11. The van der Waals surface area contributed by atoms with Gasteiger partial charge in [-0.15, -0.1) is 12.4 Å². The molecule has 1 rings (SSSR count). The first-order valence-corrected chi connectivity index (χ1v) is 6.16. The Labute approximate surface area is 115 Å². The summed E-state index contributed by atoms with van der Waals surface area (Å²) in [6, 6.07) is 0. The van der Waals surface area contributed by atoms with E-state index >= 15 is 0 Å². The van der Waals surface area contributed by atoms with Crippen LogP contribution in [0.3, 0.4) is 0 Å². The van der Waals surface area contributed by atoms with Gasteiger partial charge in [0.15, 0.2) is 0 Å². The number of hydrogen-bond acceptors (Lipinski definition) is 4. The van der Waals surface area contributed by atoms with Gasteiger partial charge in [0, 0.05) is 20.2 Å². The highest BCUT2D eigenvalue weighted by atomic mass is 35.5. The highest BCUT2D eigenvalue weighted by molar-refractivity contribution is 5.85. The number of carbonyl (C=O) groups excluding carboxylic acids is 1. The SMILES string of the molecule is COCCOCCC(=O)N1CCC(C)(CN)C1.Cl. The second-order valence-corrected chi connectivity index (χ2v) is 4.94. The lowest BCUT2D eigenvalue weighted by Crippen LogP contribution is -2.34. The Kier molecular flexibility index (Phi) is 8.52. The maximum Gasteiger partial charge on any atom is 0.224 e. The zero-order chi connectivity index (χ0) is 12.7. The molecule has 0 aromatic carbocycles. The van der Waals surface area contributed by atoms with Gasteiger partial charge >= 0.3 is 0 Å². The molecule has 0 aromatic heterocycles. The van der Waals surface area contributed by atoms with E-state index in [1.54, 1.807) is 7.11 Å². The minimum Gasteiger partial charge on any atom is -0.382 e. The lowest BCUT2D eigenvalue weighted by atomic mass is 9.90. The number of nitrogens with two attached hydrogens (primary N) is 1. The van der Waals surface area contributed by atoms with E-state index in [0.29, 0.717) is 32.8 Å². The Morgan fingerprint density at radius 1 is 1.39 bits per heavy atom. The van der Waals surface area contributed by atoms with Crippen molar-refractivity contribution < 1.29 is 14.3 Å². The molecule has 2 N–H and O–H groups in total. The lowest BCUT2D eigenvalue weighted by molar-refractivity contribution is -0.131. The van der Waals surface area contributed by atoms with Crippen LogP contribution < -0.4 is 5.73 Å². The van der Waals surface area contributed by atoms with E-state index in [1.807, 2.05) is 4.90 Å². The van der Waals surface area contributed by atoms with E-state index in [2.05, 4.69) is 6.92 Å². The number of ether oxygens (including phenoxy) is 2. The predicted molar refractivity (Wildman–Crippen MR) is 72.9 cm³/mol. The van der Waals surface area contributed by atoms with Crippen molar-refractivity contribution in [2.75, 3.05) is 46.6 Å². The van der Waals surface area contributed by atoms with Crippen LogP contribution in [0.1, 0.15) is 19.8 Å². The van der Waals surface area contributed by atoms with Crippen LogP contribution in [-0.2, 0) is 14.3 Å². The molecule has 1 heterocycles. The van der Waals surface area contributed by atoms with Gasteiger partial charge in [0.2, 0.25) is 5.91 Å². The molecule has 1 amide bonds. The highest BCUT2D eigenvalue weighted by Gasteiger charge is 2.34. The van der Waals surface area contributed by atoms with Crippen molar-refractivity contribution in [1.29, 1.82) is 0 Å². The summed E-state index contributed by atoms with van der Waals surface area (Å²) in [5.74, 6) is 0.166. The van der Waals surface area contributed by atoms with Crippen LogP contribution in [0.4, 0.5) is 0 Å². The smallest absolute Gasteiger partial charge is 0.224 e. The molecule has 1 atom stereocenters. The van der Waals surface area contributed by atoms with E-state index in [0.717, 1.165) is 19.5 Å². The van der Waals surface area contributed by atoms with Crippen LogP contribution in [0.2, 0.25) is 0 Å². The quantitative estimate of drug-likeness (QED) is 0.696. The van der Waals surface area contributed by atoms with Crippen molar-refractivity contribution >= 4 is 18.3 Å². The molecular weight excluding hydrogens is 256 g/mol. The van der Waals surface area contributed by atoms with Gasteiger partial charge in [-0.3, -0.25) is 4.79 Å². The molecule has 6 heteroatoms. The van der Waals surface area contributed by atoms with E-state index in [4.69, 9.17) is 15.2 Å². The van der Waals surface area contributed by atoms with Gasteiger partial charge in [-0.05, 0) is 18.4 Å². The fourth-order valence-electron chi connectivity index (χ4n) is 1.97. The standard InChI is InChI=1S/C12H24N2O3.ClH/c1-12(9-13)4-5-14(10-12)11(15)3-6-17-8-7-16-2;/h3-10,13H2,1-2H3;1H. The van der Waals surface area contributed by atoms with Gasteiger partial charge in [-0.25, -0.2) is 0 Å². The summed E-state index contributed by atoms with van der Waals surface area (Å²) >= 11 is 0. The molecule has 1 aliphatic heterocycles. The third kappa shape index (κ3) is 5.52. The van der Waals surface area contributed by atoms with Crippen LogP contribution in [0.25, 0.3) is 0 Å². The van der Waals surface area contributed by atoms with Crippen molar-refractivity contribution in [3.05, 3.63) is 0 Å². The summed E-state index contributed by atoms with van der Waals surface area (Å²) in [5.41, 5.74) is 5.81. The van der Waals surface area contributed by atoms with E-state index in [9.17, 15) is 4.79 Å². The summed E-state index contributed by atoms with van der Waals surface area (Å²) in [4.78, 5) is 13.8. The van der Waals surface area contributed by atoms with Crippen molar-refractivity contribution in [3.8, 4) is 0 Å². The minimum atomic E-state index is 0. The maximum absolute atomic E-state index is 11.9. The number of methoxy groups -OCH3 is 1. The average Bonchev–Trinajstić information content (AvgIpc) is 2.72. The Bertz CT molecular complexity index is 253. The fraction of sp³-hybridized carbons (Fsp3) is 0.917. The normalized spacial score (nSPS) is 22.9. The molecule has 0 spiro atoms. The number of hydrogen-bond donors (Lipinski definition) is 1. The van der Waals surface area contributed by atoms with Crippen molar-refractivity contribution in [3.63, 3.8) is 0 Å². The zero-order valence-electron chi connectivity index (χ0n) is 11.3. The molecule has 1 saturated heterocycles. The zero-order valence-corrected chi connectivity index (χ0v) is 12.1. The monoisotopic (exact) mass is 280 g/mol. The van der Waals surface area contributed by atoms with Crippen LogP contribution >= 0.6 is 12.4 Å².